The van der Waals surface area contributed by atoms with Crippen LogP contribution in [0.2, 0.25) is 5.02 Å². The number of rotatable bonds is 8. The van der Waals surface area contributed by atoms with E-state index >= 15 is 0 Å². The maximum absolute atomic E-state index is 12.1. The Labute approximate surface area is 190 Å². The van der Waals surface area contributed by atoms with Crippen LogP contribution in [0.5, 0.6) is 0 Å². The summed E-state index contributed by atoms with van der Waals surface area (Å²) in [5, 5.41) is 12.3. The summed E-state index contributed by atoms with van der Waals surface area (Å²) in [7, 11) is -3.59. The number of hydrogen-bond donors (Lipinski definition) is 1. The van der Waals surface area contributed by atoms with Crippen molar-refractivity contribution in [1.29, 1.82) is 0 Å². The van der Waals surface area contributed by atoms with E-state index in [1.807, 2.05) is 12.1 Å². The summed E-state index contributed by atoms with van der Waals surface area (Å²) in [6.45, 7) is 0.127. The van der Waals surface area contributed by atoms with Crippen molar-refractivity contribution < 1.29 is 17.7 Å². The highest BCUT2D eigenvalue weighted by Crippen LogP contribution is 2.47. The second-order valence-corrected chi connectivity index (χ2v) is 11.3. The number of benzene rings is 1. The number of aromatic nitrogens is 1. The molecular weight excluding hydrogens is 454 g/mol. The minimum absolute atomic E-state index is 0.127. The Morgan fingerprint density at radius 1 is 1.16 bits per heavy atom. The zero-order valence-corrected chi connectivity index (χ0v) is 19.1. The molecule has 2 aliphatic carbocycles. The van der Waals surface area contributed by atoms with Crippen molar-refractivity contribution in [3.05, 3.63) is 64.3 Å². The van der Waals surface area contributed by atoms with Crippen LogP contribution in [0, 0.1) is 0 Å². The molecule has 0 bridgehead atoms. The SMILES string of the molecule is O=S(=O)(Cc1ccc(-c2cc(-c3ccnc(C4(CO)CC4)c3)cs2)c(Cl)c1)OC1CC1. The van der Waals surface area contributed by atoms with Gasteiger partial charge in [0.1, 0.15) is 5.75 Å². The van der Waals surface area contributed by atoms with Crippen molar-refractivity contribution in [3.63, 3.8) is 0 Å². The van der Waals surface area contributed by atoms with Gasteiger partial charge in [0.2, 0.25) is 0 Å². The number of aliphatic hydroxyl groups is 1. The second-order valence-electron chi connectivity index (χ2n) is 8.38. The first kappa shape index (κ1) is 21.1. The Kier molecular flexibility index (Phi) is 5.43. The number of halogens is 1. The van der Waals surface area contributed by atoms with Gasteiger partial charge >= 0.3 is 0 Å². The van der Waals surface area contributed by atoms with Crippen LogP contribution in [0.4, 0.5) is 0 Å². The molecule has 0 amide bonds. The van der Waals surface area contributed by atoms with E-state index < -0.39 is 10.1 Å². The van der Waals surface area contributed by atoms with Crippen LogP contribution in [0.1, 0.15) is 36.9 Å². The van der Waals surface area contributed by atoms with Gasteiger partial charge in [-0.05, 0) is 72.0 Å². The Bertz CT molecular complexity index is 1230. The van der Waals surface area contributed by atoms with Gasteiger partial charge in [0.05, 0.1) is 12.7 Å². The highest BCUT2D eigenvalue weighted by molar-refractivity contribution is 7.85. The summed E-state index contributed by atoms with van der Waals surface area (Å²) >= 11 is 8.10. The quantitative estimate of drug-likeness (QED) is 0.455. The Hall–Kier alpha value is -1.77. The molecule has 2 saturated carbocycles. The highest BCUT2D eigenvalue weighted by Gasteiger charge is 2.45. The normalized spacial score (nSPS) is 17.6. The monoisotopic (exact) mass is 475 g/mol. The molecule has 2 aliphatic rings. The first-order valence-electron chi connectivity index (χ1n) is 10.2. The molecule has 2 fully saturated rings. The van der Waals surface area contributed by atoms with Gasteiger partial charge in [-0.15, -0.1) is 11.3 Å². The standard InChI is InChI=1S/C23H22ClNO4S2/c24-20-9-15(13-31(27,28)29-18-2-3-18)1-4-19(20)21-10-17(12-30-21)16-5-8-25-22(11-16)23(14-26)6-7-23/h1,4-5,8-12,18,26H,2-3,6-7,13-14H2. The van der Waals surface area contributed by atoms with E-state index in [0.717, 1.165) is 52.9 Å². The molecule has 31 heavy (non-hydrogen) atoms. The average Bonchev–Trinajstić information content (AvgIpc) is 3.66. The molecule has 2 aromatic heterocycles. The van der Waals surface area contributed by atoms with E-state index in [0.29, 0.717) is 10.6 Å². The highest BCUT2D eigenvalue weighted by atomic mass is 35.5. The van der Waals surface area contributed by atoms with Crippen molar-refractivity contribution in [2.24, 2.45) is 0 Å². The Balaban J connectivity index is 1.37. The van der Waals surface area contributed by atoms with Crippen LogP contribution < -0.4 is 0 Å². The molecule has 5 nitrogen and oxygen atoms in total. The van der Waals surface area contributed by atoms with Gasteiger partial charge in [-0.25, -0.2) is 0 Å². The smallest absolute Gasteiger partial charge is 0.271 e. The minimum atomic E-state index is -3.59. The molecule has 0 saturated heterocycles. The maximum atomic E-state index is 12.1. The number of aliphatic hydroxyl groups excluding tert-OH is 1. The molecule has 3 aromatic rings. The maximum Gasteiger partial charge on any atom is 0.271 e. The fraction of sp³-hybridized carbons (Fsp3) is 0.348. The van der Waals surface area contributed by atoms with Gasteiger partial charge in [0.25, 0.3) is 10.1 Å². The van der Waals surface area contributed by atoms with Gasteiger partial charge < -0.3 is 5.11 Å². The fourth-order valence-electron chi connectivity index (χ4n) is 3.63. The molecule has 0 unspecified atom stereocenters. The third-order valence-electron chi connectivity index (χ3n) is 5.84. The van der Waals surface area contributed by atoms with Crippen LogP contribution in [0.15, 0.2) is 48.0 Å². The van der Waals surface area contributed by atoms with E-state index in [9.17, 15) is 13.5 Å². The zero-order valence-electron chi connectivity index (χ0n) is 16.8. The molecule has 2 heterocycles. The lowest BCUT2D eigenvalue weighted by Crippen LogP contribution is -2.13. The van der Waals surface area contributed by atoms with E-state index in [1.165, 1.54) is 0 Å². The number of hydrogen-bond acceptors (Lipinski definition) is 6. The molecule has 1 N–H and O–H groups in total. The molecule has 1 aromatic carbocycles. The zero-order chi connectivity index (χ0) is 21.6. The lowest BCUT2D eigenvalue weighted by Gasteiger charge is -2.11. The molecule has 0 atom stereocenters. The summed E-state index contributed by atoms with van der Waals surface area (Å²) in [5.74, 6) is -0.175. The summed E-state index contributed by atoms with van der Waals surface area (Å²) in [5.41, 5.74) is 4.38. The molecule has 0 aliphatic heterocycles. The molecule has 162 valence electrons. The predicted molar refractivity (Wildman–Crippen MR) is 123 cm³/mol. The van der Waals surface area contributed by atoms with Gasteiger partial charge in [0.15, 0.2) is 0 Å². The van der Waals surface area contributed by atoms with Crippen LogP contribution in [0.25, 0.3) is 21.6 Å². The fourth-order valence-corrected chi connectivity index (χ4v) is 6.22. The molecule has 0 spiro atoms. The van der Waals surface area contributed by atoms with Crippen LogP contribution in [0.3, 0.4) is 0 Å². The van der Waals surface area contributed by atoms with Crippen LogP contribution >= 0.6 is 22.9 Å². The van der Waals surface area contributed by atoms with E-state index in [2.05, 4.69) is 22.5 Å². The van der Waals surface area contributed by atoms with Crippen molar-refractivity contribution in [2.45, 2.75) is 43.0 Å². The molecule has 5 rings (SSSR count). The average molecular weight is 476 g/mol. The number of nitrogens with zero attached hydrogens (tertiary/aromatic N) is 1. The Morgan fingerprint density at radius 2 is 1.97 bits per heavy atom. The third kappa shape index (κ3) is 4.56. The lowest BCUT2D eigenvalue weighted by molar-refractivity contribution is 0.252. The largest absolute Gasteiger partial charge is 0.395 e. The lowest BCUT2D eigenvalue weighted by atomic mass is 9.99. The van der Waals surface area contributed by atoms with Gasteiger partial charge in [-0.1, -0.05) is 23.7 Å². The van der Waals surface area contributed by atoms with Crippen molar-refractivity contribution in [2.75, 3.05) is 6.61 Å². The second kappa shape index (κ2) is 7.98. The molecule has 0 radical (unpaired) electrons. The van der Waals surface area contributed by atoms with Crippen molar-refractivity contribution >= 4 is 33.1 Å². The van der Waals surface area contributed by atoms with Crippen molar-refractivity contribution in [1.82, 2.24) is 4.98 Å². The summed E-state index contributed by atoms with van der Waals surface area (Å²) in [6, 6.07) is 11.5. The van der Waals surface area contributed by atoms with Gasteiger partial charge in [-0.2, -0.15) is 8.42 Å². The predicted octanol–water partition coefficient (Wildman–Crippen LogP) is 5.16. The summed E-state index contributed by atoms with van der Waals surface area (Å²) < 4.78 is 29.4. The van der Waals surface area contributed by atoms with Crippen LogP contribution in [-0.2, 0) is 25.5 Å². The van der Waals surface area contributed by atoms with Crippen LogP contribution in [-0.4, -0.2) is 31.2 Å². The molecule has 8 heteroatoms. The Morgan fingerprint density at radius 3 is 2.65 bits per heavy atom. The molecular formula is C23H22ClNO4S2. The minimum Gasteiger partial charge on any atom is -0.395 e. The summed E-state index contributed by atoms with van der Waals surface area (Å²) in [6.07, 6.45) is 5.20. The first-order valence-corrected chi connectivity index (χ1v) is 13.1. The van der Waals surface area contributed by atoms with E-state index in [1.54, 1.807) is 29.7 Å². The number of pyridine rings is 1. The van der Waals surface area contributed by atoms with Crippen molar-refractivity contribution in [3.8, 4) is 21.6 Å². The third-order valence-corrected chi connectivity index (χ3v) is 8.37. The summed E-state index contributed by atoms with van der Waals surface area (Å²) in [4.78, 5) is 5.48. The van der Waals surface area contributed by atoms with Gasteiger partial charge in [-0.3, -0.25) is 9.17 Å². The van der Waals surface area contributed by atoms with Gasteiger partial charge in [0, 0.05) is 32.8 Å². The number of thiophene rings is 1. The van der Waals surface area contributed by atoms with E-state index in [-0.39, 0.29) is 23.9 Å². The van der Waals surface area contributed by atoms with E-state index in [4.69, 9.17) is 15.8 Å². The first-order chi connectivity index (χ1) is 14.9. The topological polar surface area (TPSA) is 76.5 Å².